The van der Waals surface area contributed by atoms with Crippen LogP contribution in [-0.2, 0) is 0 Å². The Labute approximate surface area is 54.7 Å². The number of hydrogen-bond acceptors (Lipinski definition) is 0. The second-order valence-electron chi connectivity index (χ2n) is 1.13. The average Bonchev–Trinajstić information content (AvgIpc) is 1.63. The predicted octanol–water partition coefficient (Wildman–Crippen LogP) is 3.48. The Morgan fingerprint density at radius 3 is 1.10 bits per heavy atom. The monoisotopic (exact) mass is 160 g/mol. The third-order valence-corrected chi connectivity index (χ3v) is 0.260. The molecule has 0 aromatic heterocycles. The zero-order chi connectivity index (χ0) is 8.73. The molecule has 0 fully saturated rings. The van der Waals surface area contributed by atoms with Crippen molar-refractivity contribution in [3.05, 3.63) is 24.6 Å². The summed E-state index contributed by atoms with van der Waals surface area (Å²) in [6, 6.07) is 0. The van der Waals surface area contributed by atoms with Crippen molar-refractivity contribution in [3.63, 3.8) is 0 Å². The minimum absolute atomic E-state index is 0.704. The first-order valence-corrected chi connectivity index (χ1v) is 2.05. The molecule has 0 atom stereocenters. The Bertz CT molecular complexity index is 115. The van der Waals surface area contributed by atoms with Gasteiger partial charge in [0.1, 0.15) is 0 Å². The van der Waals surface area contributed by atoms with Crippen molar-refractivity contribution in [2.24, 2.45) is 0 Å². The Hall–Kier alpha value is -0.870. The van der Waals surface area contributed by atoms with E-state index in [0.29, 0.717) is 6.92 Å². The summed E-state index contributed by atoms with van der Waals surface area (Å²) in [5, 5.41) is 0. The fourth-order valence-electron chi connectivity index (χ4n) is 0. The Morgan fingerprint density at radius 2 is 1.10 bits per heavy atom. The van der Waals surface area contributed by atoms with Crippen LogP contribution in [0.4, 0.5) is 22.0 Å². The molecule has 0 spiro atoms. The predicted molar refractivity (Wildman–Crippen MR) is 27.4 cm³/mol. The Balaban J connectivity index is 0. The van der Waals surface area contributed by atoms with Crippen LogP contribution in [-0.4, -0.2) is 0 Å². The largest absolute Gasteiger partial charge is 0.301 e. The molecule has 0 rings (SSSR count). The molecule has 0 heterocycles. The van der Waals surface area contributed by atoms with Crippen LogP contribution in [0.2, 0.25) is 0 Å². The standard InChI is InChI=1S/C3H3F3.C2H2F2/c1-2(4)3(5)6;1-2(3)4/h1H3;1H2. The number of allylic oxidation sites excluding steroid dienone is 1. The fraction of sp³-hybridized carbons (Fsp3) is 0.200. The number of rotatable bonds is 0. The lowest BCUT2D eigenvalue weighted by atomic mass is 10.7. The van der Waals surface area contributed by atoms with Crippen LogP contribution < -0.4 is 0 Å². The van der Waals surface area contributed by atoms with Gasteiger partial charge in [-0.1, -0.05) is 0 Å². The van der Waals surface area contributed by atoms with Gasteiger partial charge in [-0.05, 0) is 13.5 Å². The van der Waals surface area contributed by atoms with E-state index in [1.54, 1.807) is 0 Å². The van der Waals surface area contributed by atoms with Crippen LogP contribution in [0.5, 0.6) is 0 Å². The van der Waals surface area contributed by atoms with E-state index in [2.05, 4.69) is 6.58 Å². The van der Waals surface area contributed by atoms with E-state index < -0.39 is 18.0 Å². The molecular weight excluding hydrogens is 155 g/mol. The molecule has 0 aliphatic heterocycles. The van der Waals surface area contributed by atoms with Gasteiger partial charge in [0.25, 0.3) is 6.08 Å². The van der Waals surface area contributed by atoms with Crippen LogP contribution in [0, 0.1) is 0 Å². The molecule has 5 heteroatoms. The van der Waals surface area contributed by atoms with Crippen molar-refractivity contribution < 1.29 is 22.0 Å². The Kier molecular flexibility index (Phi) is 7.42. The summed E-state index contributed by atoms with van der Waals surface area (Å²) in [5.74, 6) is -1.41. The highest BCUT2D eigenvalue weighted by Gasteiger charge is 1.92. The SMILES string of the molecule is C=C(F)F.CC(F)=C(F)F. The second-order valence-corrected chi connectivity index (χ2v) is 1.13. The van der Waals surface area contributed by atoms with E-state index >= 15 is 0 Å². The fourth-order valence-corrected chi connectivity index (χ4v) is 0. The zero-order valence-corrected chi connectivity index (χ0v) is 5.10. The topological polar surface area (TPSA) is 0 Å². The second kappa shape index (κ2) is 6.25. The molecule has 0 nitrogen and oxygen atoms in total. The van der Waals surface area contributed by atoms with Gasteiger partial charge in [-0.2, -0.15) is 17.6 Å². The highest BCUT2D eigenvalue weighted by molar-refractivity contribution is 4.84. The maximum absolute atomic E-state index is 11.0. The van der Waals surface area contributed by atoms with E-state index in [1.165, 1.54) is 0 Å². The van der Waals surface area contributed by atoms with E-state index in [-0.39, 0.29) is 0 Å². The minimum atomic E-state index is -2.24. The van der Waals surface area contributed by atoms with Crippen molar-refractivity contribution in [1.82, 2.24) is 0 Å². The van der Waals surface area contributed by atoms with Gasteiger partial charge in [0.05, 0.1) is 0 Å². The molecule has 0 radical (unpaired) electrons. The van der Waals surface area contributed by atoms with Crippen molar-refractivity contribution >= 4 is 0 Å². The van der Waals surface area contributed by atoms with Crippen LogP contribution in [0.25, 0.3) is 0 Å². The lowest BCUT2D eigenvalue weighted by Crippen LogP contribution is -1.59. The van der Waals surface area contributed by atoms with Crippen LogP contribution in [0.1, 0.15) is 6.92 Å². The molecule has 0 amide bonds. The van der Waals surface area contributed by atoms with E-state index in [0.717, 1.165) is 0 Å². The van der Waals surface area contributed by atoms with Gasteiger partial charge in [-0.25, -0.2) is 4.39 Å². The molecule has 0 bridgehead atoms. The maximum atomic E-state index is 11.0. The first kappa shape index (κ1) is 11.9. The van der Waals surface area contributed by atoms with Gasteiger partial charge in [0, 0.05) is 0 Å². The van der Waals surface area contributed by atoms with Gasteiger partial charge in [0.15, 0.2) is 5.83 Å². The molecule has 10 heavy (non-hydrogen) atoms. The highest BCUT2D eigenvalue weighted by atomic mass is 19.3. The summed E-state index contributed by atoms with van der Waals surface area (Å²) in [6.07, 6.45) is -4.07. The number of halogens is 5. The van der Waals surface area contributed by atoms with E-state index in [1.807, 2.05) is 0 Å². The lowest BCUT2D eigenvalue weighted by Gasteiger charge is -1.73. The third kappa shape index (κ3) is 27.3. The third-order valence-electron chi connectivity index (χ3n) is 0.260. The molecule has 0 N–H and O–H groups in total. The van der Waals surface area contributed by atoms with Gasteiger partial charge >= 0.3 is 6.08 Å². The van der Waals surface area contributed by atoms with Crippen LogP contribution >= 0.6 is 0 Å². The summed E-state index contributed by atoms with van der Waals surface area (Å²) < 4.78 is 52.6. The van der Waals surface area contributed by atoms with Crippen molar-refractivity contribution in [2.45, 2.75) is 6.92 Å². The summed E-state index contributed by atoms with van der Waals surface area (Å²) >= 11 is 0. The first-order chi connectivity index (χ1) is 4.37. The normalized spacial score (nSPS) is 7.40. The molecule has 0 aliphatic carbocycles. The average molecular weight is 160 g/mol. The van der Waals surface area contributed by atoms with Gasteiger partial charge in [-0.3, -0.25) is 0 Å². The quantitative estimate of drug-likeness (QED) is 0.476. The summed E-state index contributed by atoms with van der Waals surface area (Å²) in [6.45, 7) is 2.93. The minimum Gasteiger partial charge on any atom is -0.206 e. The molecule has 0 aliphatic rings. The summed E-state index contributed by atoms with van der Waals surface area (Å²) in [4.78, 5) is 0. The molecule has 0 aromatic rings. The lowest BCUT2D eigenvalue weighted by molar-refractivity contribution is 0.380. The van der Waals surface area contributed by atoms with Gasteiger partial charge in [-0.15, -0.1) is 0 Å². The van der Waals surface area contributed by atoms with E-state index in [9.17, 15) is 22.0 Å². The number of hydrogen-bond donors (Lipinski definition) is 0. The summed E-state index contributed by atoms with van der Waals surface area (Å²) in [7, 11) is 0. The van der Waals surface area contributed by atoms with Gasteiger partial charge in [0.2, 0.25) is 0 Å². The molecule has 0 aromatic carbocycles. The van der Waals surface area contributed by atoms with Crippen molar-refractivity contribution in [3.8, 4) is 0 Å². The zero-order valence-electron chi connectivity index (χ0n) is 5.10. The van der Waals surface area contributed by atoms with E-state index in [4.69, 9.17) is 0 Å². The first-order valence-electron chi connectivity index (χ1n) is 2.05. The smallest absolute Gasteiger partial charge is 0.206 e. The highest BCUT2D eigenvalue weighted by Crippen LogP contribution is 2.05. The molecule has 0 saturated heterocycles. The summed E-state index contributed by atoms with van der Waals surface area (Å²) in [5.41, 5.74) is 0. The molecule has 0 unspecified atom stereocenters. The van der Waals surface area contributed by atoms with Crippen molar-refractivity contribution in [1.29, 1.82) is 0 Å². The van der Waals surface area contributed by atoms with Crippen molar-refractivity contribution in [2.75, 3.05) is 0 Å². The Morgan fingerprint density at radius 1 is 1.00 bits per heavy atom. The van der Waals surface area contributed by atoms with Crippen LogP contribution in [0.15, 0.2) is 24.6 Å². The molecule has 60 valence electrons. The maximum Gasteiger partial charge on any atom is 0.301 e. The van der Waals surface area contributed by atoms with Gasteiger partial charge < -0.3 is 0 Å². The van der Waals surface area contributed by atoms with Crippen LogP contribution in [0.3, 0.4) is 0 Å². The molecular formula is C5H5F5. The molecule has 0 saturated carbocycles.